The predicted octanol–water partition coefficient (Wildman–Crippen LogP) is 4.21. The second-order valence-corrected chi connectivity index (χ2v) is 10.3. The molecule has 1 amide bonds. The van der Waals surface area contributed by atoms with Crippen LogP contribution in [0.25, 0.3) is 0 Å². The van der Waals surface area contributed by atoms with E-state index in [1.807, 2.05) is 42.5 Å². The summed E-state index contributed by atoms with van der Waals surface area (Å²) in [6.45, 7) is 0.707. The Morgan fingerprint density at radius 2 is 1.53 bits per heavy atom. The number of benzene rings is 2. The average molecular weight is 534 g/mol. The molecule has 0 fully saturated rings. The van der Waals surface area contributed by atoms with E-state index in [4.69, 9.17) is 18.5 Å². The highest BCUT2D eigenvalue weighted by Crippen LogP contribution is 2.60. The molecule has 0 aliphatic carbocycles. The van der Waals surface area contributed by atoms with Crippen molar-refractivity contribution in [2.75, 3.05) is 46.9 Å². The maximum Gasteiger partial charge on any atom is 0.357 e. The van der Waals surface area contributed by atoms with Gasteiger partial charge in [-0.05, 0) is 17.4 Å². The second-order valence-electron chi connectivity index (χ2n) is 7.34. The normalized spacial score (nSPS) is 12.8. The summed E-state index contributed by atoms with van der Waals surface area (Å²) >= 11 is 1.15. The summed E-state index contributed by atoms with van der Waals surface area (Å²) in [6, 6.07) is 20.3. The molecule has 1 unspecified atom stereocenters. The van der Waals surface area contributed by atoms with E-state index in [0.29, 0.717) is 5.56 Å². The number of nitrogens with one attached hydrogen (secondary N) is 2. The van der Waals surface area contributed by atoms with E-state index < -0.39 is 19.3 Å². The van der Waals surface area contributed by atoms with Gasteiger partial charge in [-0.2, -0.15) is 5.26 Å². The summed E-state index contributed by atoms with van der Waals surface area (Å²) in [7, 11) is -0.864. The molecule has 0 aromatic heterocycles. The molecule has 2 N–H and O–H groups in total. The molecule has 0 spiro atoms. The number of carbonyl (C=O) groups is 1. The van der Waals surface area contributed by atoms with Crippen molar-refractivity contribution in [2.24, 2.45) is 0 Å². The minimum atomic E-state index is -3.88. The lowest BCUT2D eigenvalue weighted by Gasteiger charge is -2.29. The van der Waals surface area contributed by atoms with Gasteiger partial charge in [-0.25, -0.2) is 0 Å². The first-order chi connectivity index (χ1) is 17.5. The van der Waals surface area contributed by atoms with Gasteiger partial charge in [-0.15, -0.1) is 11.8 Å². The summed E-state index contributed by atoms with van der Waals surface area (Å²) in [6.07, 6.45) is 1.72. The van der Waals surface area contributed by atoms with E-state index >= 15 is 0 Å². The van der Waals surface area contributed by atoms with Gasteiger partial charge in [0.15, 0.2) is 5.78 Å². The maximum atomic E-state index is 14.1. The highest BCUT2D eigenvalue weighted by molar-refractivity contribution is 8.02. The number of rotatable bonds is 16. The zero-order valence-electron chi connectivity index (χ0n) is 20.6. The molecule has 1 atom stereocenters. The largest absolute Gasteiger partial charge is 0.382 e. The zero-order chi connectivity index (χ0) is 26.2. The molecule has 0 saturated heterocycles. The Morgan fingerprint density at radius 3 is 2.03 bits per heavy atom. The van der Waals surface area contributed by atoms with Crippen molar-refractivity contribution >= 4 is 25.3 Å². The minimum Gasteiger partial charge on any atom is -0.382 e. The number of ether oxygens (including phenoxy) is 2. The Kier molecular flexibility index (Phi) is 13.3. The molecule has 9 nitrogen and oxygen atoms in total. The monoisotopic (exact) mass is 533 g/mol. The highest BCUT2D eigenvalue weighted by atomic mass is 32.2. The number of amides is 1. The van der Waals surface area contributed by atoms with Crippen LogP contribution in [0, 0.1) is 11.3 Å². The number of nitrogens with zero attached hydrogens (tertiary/aromatic N) is 1. The van der Waals surface area contributed by atoms with E-state index in [9.17, 15) is 14.6 Å². The van der Waals surface area contributed by atoms with Crippen LogP contribution in [-0.4, -0.2) is 52.8 Å². The van der Waals surface area contributed by atoms with Crippen molar-refractivity contribution in [1.82, 2.24) is 10.6 Å². The van der Waals surface area contributed by atoms with Crippen LogP contribution in [-0.2, 0) is 34.4 Å². The zero-order valence-corrected chi connectivity index (χ0v) is 22.3. The van der Waals surface area contributed by atoms with Crippen LogP contribution >= 0.6 is 19.4 Å². The topological polar surface area (TPSA) is 119 Å². The fourth-order valence-corrected chi connectivity index (χ4v) is 5.61. The molecule has 0 radical (unpaired) electrons. The van der Waals surface area contributed by atoms with E-state index in [2.05, 4.69) is 10.6 Å². The van der Waals surface area contributed by atoms with Crippen LogP contribution in [0.15, 0.2) is 71.3 Å². The van der Waals surface area contributed by atoms with E-state index in [1.165, 1.54) is 14.2 Å². The maximum absolute atomic E-state index is 14.1. The van der Waals surface area contributed by atoms with Gasteiger partial charge in [0.2, 0.25) is 0 Å². The van der Waals surface area contributed by atoms with Gasteiger partial charge < -0.3 is 29.2 Å². The first-order valence-electron chi connectivity index (χ1n) is 11.2. The van der Waals surface area contributed by atoms with Gasteiger partial charge in [-0.1, -0.05) is 60.7 Å². The fourth-order valence-electron chi connectivity index (χ4n) is 3.09. The van der Waals surface area contributed by atoms with Crippen LogP contribution in [0.1, 0.15) is 16.9 Å². The van der Waals surface area contributed by atoms with E-state index in [1.54, 1.807) is 30.5 Å². The summed E-state index contributed by atoms with van der Waals surface area (Å²) in [4.78, 5) is 12.9. The van der Waals surface area contributed by atoms with Gasteiger partial charge >= 0.3 is 7.60 Å². The molecule has 0 saturated carbocycles. The smallest absolute Gasteiger partial charge is 0.357 e. The number of hydrogen-bond donors (Lipinski definition) is 2. The van der Waals surface area contributed by atoms with Crippen LogP contribution in [0.3, 0.4) is 0 Å². The predicted molar refractivity (Wildman–Crippen MR) is 140 cm³/mol. The molecule has 0 heterocycles. The van der Waals surface area contributed by atoms with Gasteiger partial charge in [0, 0.05) is 20.8 Å². The Balaban J connectivity index is 2.40. The number of nitriles is 1. The third kappa shape index (κ3) is 9.10. The van der Waals surface area contributed by atoms with Crippen LogP contribution in [0.5, 0.6) is 0 Å². The van der Waals surface area contributed by atoms with Crippen molar-refractivity contribution in [2.45, 2.75) is 12.3 Å². The van der Waals surface area contributed by atoms with E-state index in [-0.39, 0.29) is 43.6 Å². The lowest BCUT2D eigenvalue weighted by molar-refractivity contribution is -0.117. The summed E-state index contributed by atoms with van der Waals surface area (Å²) in [5.41, 5.74) is 1.36. The number of thioether (sulfide) groups is 1. The van der Waals surface area contributed by atoms with Gasteiger partial charge in [0.1, 0.15) is 11.6 Å². The van der Waals surface area contributed by atoms with E-state index in [0.717, 1.165) is 17.3 Å². The first-order valence-corrected chi connectivity index (χ1v) is 14.0. The molecular weight excluding hydrogens is 501 g/mol. The minimum absolute atomic E-state index is 0.0206. The second kappa shape index (κ2) is 16.2. The van der Waals surface area contributed by atoms with Crippen molar-refractivity contribution in [3.8, 4) is 6.07 Å². The molecule has 36 heavy (non-hydrogen) atoms. The molecule has 2 aromatic rings. The van der Waals surface area contributed by atoms with Crippen LogP contribution in [0.2, 0.25) is 0 Å². The highest BCUT2D eigenvalue weighted by Gasteiger charge is 2.38. The standard InChI is InChI=1S/C25H32N3O6PS/c1-31-14-16-33-35(30,34-17-15-32-2)24(21-12-8-5-9-13-21)28-25(36-3)22(18-26)23(29)27-19-20-10-6-4-7-11-20/h4-13,24,28H,14-17,19H2,1-3H3,(H,27,29)/b25-22+. The van der Waals surface area contributed by atoms with Crippen molar-refractivity contribution < 1.29 is 27.9 Å². The molecule has 0 bridgehead atoms. The third-order valence-electron chi connectivity index (χ3n) is 4.88. The SMILES string of the molecule is COCCOP(=O)(OCCOC)C(N/C(SC)=C(/C#N)C(=O)NCc1ccccc1)c1ccccc1. The third-order valence-corrected chi connectivity index (χ3v) is 7.76. The fraction of sp³-hybridized carbons (Fsp3) is 0.360. The van der Waals surface area contributed by atoms with Crippen LogP contribution in [0.4, 0.5) is 0 Å². The Morgan fingerprint density at radius 1 is 0.972 bits per heavy atom. The van der Waals surface area contributed by atoms with Crippen molar-refractivity contribution in [3.63, 3.8) is 0 Å². The van der Waals surface area contributed by atoms with Crippen LogP contribution < -0.4 is 10.6 Å². The molecular formula is C25H32N3O6PS. The van der Waals surface area contributed by atoms with Gasteiger partial charge in [-0.3, -0.25) is 9.36 Å². The quantitative estimate of drug-likeness (QED) is 0.142. The molecule has 2 aromatic carbocycles. The Bertz CT molecular complexity index is 1050. The molecule has 11 heteroatoms. The number of carbonyl (C=O) groups excluding carboxylic acids is 1. The summed E-state index contributed by atoms with van der Waals surface area (Å²) in [5.74, 6) is -1.56. The lowest BCUT2D eigenvalue weighted by atomic mass is 10.2. The summed E-state index contributed by atoms with van der Waals surface area (Å²) in [5, 5.41) is 16.0. The molecule has 0 aliphatic heterocycles. The average Bonchev–Trinajstić information content (AvgIpc) is 2.91. The molecule has 0 aliphatic rings. The first kappa shape index (κ1) is 29.6. The number of methoxy groups -OCH3 is 2. The Labute approximate surface area is 216 Å². The number of hydrogen-bond acceptors (Lipinski definition) is 9. The lowest BCUT2D eigenvalue weighted by Crippen LogP contribution is -2.29. The van der Waals surface area contributed by atoms with Crippen molar-refractivity contribution in [1.29, 1.82) is 5.26 Å². The summed E-state index contributed by atoms with van der Waals surface area (Å²) < 4.78 is 35.6. The van der Waals surface area contributed by atoms with Crippen molar-refractivity contribution in [3.05, 3.63) is 82.4 Å². The molecule has 194 valence electrons. The Hall–Kier alpha value is -2.64. The van der Waals surface area contributed by atoms with Gasteiger partial charge in [0.05, 0.1) is 31.5 Å². The van der Waals surface area contributed by atoms with Gasteiger partial charge in [0.25, 0.3) is 5.91 Å². The molecule has 2 rings (SSSR count).